The molecule has 1 rings (SSSR count). The Morgan fingerprint density at radius 1 is 0.943 bits per heavy atom. The van der Waals surface area contributed by atoms with Crippen molar-refractivity contribution < 1.29 is 52.1 Å². The fourth-order valence-corrected chi connectivity index (χ4v) is 4.72. The SMILES string of the molecule is CCOC(=O)OCCOP(=O)(NC(=N)N(C)C(C(=O)O)C1CCCCC1)OCCOC(=O)OCC. The van der Waals surface area contributed by atoms with E-state index in [0.717, 1.165) is 19.3 Å². The summed E-state index contributed by atoms with van der Waals surface area (Å²) in [5, 5.41) is 20.4. The van der Waals surface area contributed by atoms with E-state index in [-0.39, 0.29) is 45.6 Å². The zero-order valence-corrected chi connectivity index (χ0v) is 21.3. The van der Waals surface area contributed by atoms with Crippen molar-refractivity contribution in [3.63, 3.8) is 0 Å². The second-order valence-electron chi connectivity index (χ2n) is 7.48. The maximum Gasteiger partial charge on any atom is 0.508 e. The highest BCUT2D eigenvalue weighted by molar-refractivity contribution is 7.52. The fraction of sp³-hybridized carbons (Fsp3) is 0.800. The van der Waals surface area contributed by atoms with Crippen molar-refractivity contribution in [1.29, 1.82) is 5.41 Å². The fourth-order valence-electron chi connectivity index (χ4n) is 3.47. The molecular formula is C20H36N3O11P. The van der Waals surface area contributed by atoms with Gasteiger partial charge in [-0.2, -0.15) is 0 Å². The number of carbonyl (C=O) groups excluding carboxylic acids is 2. The van der Waals surface area contributed by atoms with E-state index >= 15 is 0 Å². The molecule has 0 aliphatic heterocycles. The van der Waals surface area contributed by atoms with Crippen molar-refractivity contribution in [2.24, 2.45) is 5.92 Å². The molecule has 0 bridgehead atoms. The van der Waals surface area contributed by atoms with Crippen LogP contribution in [0, 0.1) is 11.3 Å². The number of ether oxygens (including phenoxy) is 4. The molecule has 0 spiro atoms. The number of carboxylic acids is 1. The molecule has 35 heavy (non-hydrogen) atoms. The Balaban J connectivity index is 2.79. The normalized spacial score (nSPS) is 14.9. The molecular weight excluding hydrogens is 489 g/mol. The van der Waals surface area contributed by atoms with Crippen LogP contribution in [0.15, 0.2) is 0 Å². The minimum atomic E-state index is -4.26. The third kappa shape index (κ3) is 11.6. The quantitative estimate of drug-likeness (QED) is 0.0990. The van der Waals surface area contributed by atoms with Gasteiger partial charge in [-0.3, -0.25) is 19.5 Å². The standard InChI is InChI=1S/C20H36N3O11P/c1-4-29-19(26)31-11-13-33-35(28,34-14-12-32-20(27)30-5-2)22-18(21)23(3)16(17(24)25)15-9-7-6-8-10-15/h15-16H,4-14H2,1-3H3,(H,24,25)(H2,21,22,28). The van der Waals surface area contributed by atoms with Gasteiger partial charge in [-0.15, -0.1) is 0 Å². The molecule has 202 valence electrons. The number of carboxylic acid groups (broad SMARTS) is 1. The van der Waals surface area contributed by atoms with Crippen LogP contribution in [-0.4, -0.2) is 87.0 Å². The molecule has 1 aliphatic rings. The van der Waals surface area contributed by atoms with E-state index in [9.17, 15) is 24.1 Å². The van der Waals surface area contributed by atoms with E-state index in [0.29, 0.717) is 12.8 Å². The number of rotatable bonds is 14. The summed E-state index contributed by atoms with van der Waals surface area (Å²) in [5.41, 5.74) is 0. The van der Waals surface area contributed by atoms with Gasteiger partial charge in [0, 0.05) is 7.05 Å². The Morgan fingerprint density at radius 2 is 1.43 bits per heavy atom. The summed E-state index contributed by atoms with van der Waals surface area (Å²) in [6.07, 6.45) is 2.36. The molecule has 0 aromatic rings. The van der Waals surface area contributed by atoms with Gasteiger partial charge in [0.1, 0.15) is 19.3 Å². The number of hydrogen-bond donors (Lipinski definition) is 3. The summed E-state index contributed by atoms with van der Waals surface area (Å²) in [7, 11) is -2.86. The average Bonchev–Trinajstić information content (AvgIpc) is 2.80. The summed E-state index contributed by atoms with van der Waals surface area (Å²) in [4.78, 5) is 35.7. The minimum Gasteiger partial charge on any atom is -0.480 e. The number of nitrogens with zero attached hydrogens (tertiary/aromatic N) is 1. The Hall–Kier alpha value is -2.57. The zero-order chi connectivity index (χ0) is 26.3. The molecule has 1 unspecified atom stereocenters. The third-order valence-electron chi connectivity index (χ3n) is 5.02. The number of hydrogen-bond acceptors (Lipinski definition) is 11. The maximum absolute atomic E-state index is 13.2. The number of aliphatic carboxylic acids is 1. The first-order valence-electron chi connectivity index (χ1n) is 11.4. The van der Waals surface area contributed by atoms with Crippen molar-refractivity contribution >= 4 is 32.0 Å². The summed E-state index contributed by atoms with van der Waals surface area (Å²) in [5.74, 6) is -1.78. The lowest BCUT2D eigenvalue weighted by Crippen LogP contribution is -2.51. The Labute approximate surface area is 204 Å². The van der Waals surface area contributed by atoms with Crippen LogP contribution in [0.1, 0.15) is 46.0 Å². The summed E-state index contributed by atoms with van der Waals surface area (Å²) < 4.78 is 42.4. The average molecular weight is 525 g/mol. The minimum absolute atomic E-state index is 0.110. The van der Waals surface area contributed by atoms with E-state index in [1.54, 1.807) is 13.8 Å². The van der Waals surface area contributed by atoms with E-state index in [4.69, 9.17) is 23.9 Å². The largest absolute Gasteiger partial charge is 0.508 e. The Kier molecular flexibility index (Phi) is 14.1. The number of guanidine groups is 1. The molecule has 0 amide bonds. The van der Waals surface area contributed by atoms with Crippen LogP contribution in [0.5, 0.6) is 0 Å². The van der Waals surface area contributed by atoms with Crippen LogP contribution >= 0.6 is 7.75 Å². The molecule has 1 aliphatic carbocycles. The smallest absolute Gasteiger partial charge is 0.480 e. The van der Waals surface area contributed by atoms with Gasteiger partial charge >= 0.3 is 26.0 Å². The summed E-state index contributed by atoms with van der Waals surface area (Å²) in [6, 6.07) is -1.01. The van der Waals surface area contributed by atoms with Gasteiger partial charge in [0.15, 0.2) is 0 Å². The predicted octanol–water partition coefficient (Wildman–Crippen LogP) is 2.96. The first kappa shape index (κ1) is 30.5. The van der Waals surface area contributed by atoms with E-state index in [1.807, 2.05) is 0 Å². The second-order valence-corrected chi connectivity index (χ2v) is 9.21. The Bertz CT molecular complexity index is 716. The molecule has 1 atom stereocenters. The molecule has 0 saturated heterocycles. The van der Waals surface area contributed by atoms with Gasteiger partial charge in [-0.1, -0.05) is 19.3 Å². The molecule has 0 heterocycles. The molecule has 1 saturated carbocycles. The van der Waals surface area contributed by atoms with E-state index < -0.39 is 38.0 Å². The van der Waals surface area contributed by atoms with Gasteiger partial charge < -0.3 is 29.0 Å². The number of carbonyl (C=O) groups is 3. The van der Waals surface area contributed by atoms with Crippen LogP contribution in [-0.2, 0) is 37.4 Å². The molecule has 0 aromatic heterocycles. The first-order valence-corrected chi connectivity index (χ1v) is 13.0. The maximum atomic E-state index is 13.2. The molecule has 0 radical (unpaired) electrons. The van der Waals surface area contributed by atoms with Crippen molar-refractivity contribution in [3.8, 4) is 0 Å². The van der Waals surface area contributed by atoms with Gasteiger partial charge in [0.05, 0.1) is 26.4 Å². The van der Waals surface area contributed by atoms with Crippen molar-refractivity contribution in [2.75, 3.05) is 46.7 Å². The van der Waals surface area contributed by atoms with E-state index in [1.165, 1.54) is 11.9 Å². The Morgan fingerprint density at radius 3 is 1.86 bits per heavy atom. The topological polar surface area (TPSA) is 183 Å². The number of likely N-dealkylation sites (N-methyl/N-ethyl adjacent to an activating group) is 1. The predicted molar refractivity (Wildman–Crippen MR) is 122 cm³/mol. The first-order chi connectivity index (χ1) is 16.6. The van der Waals surface area contributed by atoms with Gasteiger partial charge in [0.2, 0.25) is 5.96 Å². The van der Waals surface area contributed by atoms with Crippen LogP contribution in [0.2, 0.25) is 0 Å². The lowest BCUT2D eigenvalue weighted by Gasteiger charge is -2.35. The number of nitrogens with one attached hydrogen (secondary N) is 2. The second kappa shape index (κ2) is 16.2. The third-order valence-corrected chi connectivity index (χ3v) is 6.55. The zero-order valence-electron chi connectivity index (χ0n) is 20.4. The van der Waals surface area contributed by atoms with Crippen LogP contribution < -0.4 is 5.09 Å². The molecule has 0 aromatic carbocycles. The van der Waals surface area contributed by atoms with Crippen LogP contribution in [0.3, 0.4) is 0 Å². The van der Waals surface area contributed by atoms with Crippen molar-refractivity contribution in [2.45, 2.75) is 52.0 Å². The van der Waals surface area contributed by atoms with Crippen LogP contribution in [0.4, 0.5) is 9.59 Å². The van der Waals surface area contributed by atoms with Gasteiger partial charge in [-0.25, -0.2) is 18.9 Å². The van der Waals surface area contributed by atoms with Gasteiger partial charge in [-0.05, 0) is 32.6 Å². The van der Waals surface area contributed by atoms with Crippen LogP contribution in [0.25, 0.3) is 0 Å². The summed E-state index contributed by atoms with van der Waals surface area (Å²) >= 11 is 0. The van der Waals surface area contributed by atoms with Crippen molar-refractivity contribution in [3.05, 3.63) is 0 Å². The molecule has 3 N–H and O–H groups in total. The lowest BCUT2D eigenvalue weighted by atomic mass is 9.83. The monoisotopic (exact) mass is 525 g/mol. The molecule has 14 nitrogen and oxygen atoms in total. The summed E-state index contributed by atoms with van der Waals surface area (Å²) in [6.45, 7) is 2.00. The molecule has 15 heteroatoms. The van der Waals surface area contributed by atoms with E-state index in [2.05, 4.69) is 14.6 Å². The highest BCUT2D eigenvalue weighted by atomic mass is 31.2. The highest BCUT2D eigenvalue weighted by Crippen LogP contribution is 2.43. The molecule has 1 fully saturated rings. The van der Waals surface area contributed by atoms with Gasteiger partial charge in [0.25, 0.3) is 0 Å². The highest BCUT2D eigenvalue weighted by Gasteiger charge is 2.36. The van der Waals surface area contributed by atoms with Crippen molar-refractivity contribution in [1.82, 2.24) is 9.99 Å². The lowest BCUT2D eigenvalue weighted by molar-refractivity contribution is -0.143.